The quantitative estimate of drug-likeness (QED) is 0.814. The van der Waals surface area contributed by atoms with Crippen molar-refractivity contribution >= 4 is 10.0 Å². The lowest BCUT2D eigenvalue weighted by molar-refractivity contribution is 0.314. The van der Waals surface area contributed by atoms with E-state index in [0.717, 1.165) is 31.2 Å². The molecule has 3 rings (SSSR count). The van der Waals surface area contributed by atoms with Crippen LogP contribution in [0.2, 0.25) is 0 Å². The molecule has 2 heterocycles. The third-order valence-corrected chi connectivity index (χ3v) is 6.44. The second-order valence-corrected chi connectivity index (χ2v) is 8.01. The molecule has 1 fully saturated rings. The minimum absolute atomic E-state index is 0.150. The molecule has 0 aliphatic carbocycles. The molecule has 0 N–H and O–H groups in total. The monoisotopic (exact) mass is 360 g/mol. The lowest BCUT2D eigenvalue weighted by Crippen LogP contribution is -2.35. The number of rotatable bonds is 5. The molecule has 0 amide bonds. The Balaban J connectivity index is 2.04. The minimum Gasteiger partial charge on any atom is -0.492 e. The summed E-state index contributed by atoms with van der Waals surface area (Å²) in [5.41, 5.74) is 1.04. The van der Waals surface area contributed by atoms with Crippen LogP contribution >= 0.6 is 0 Å². The summed E-state index contributed by atoms with van der Waals surface area (Å²) >= 11 is 0. The first-order valence-electron chi connectivity index (χ1n) is 8.78. The van der Waals surface area contributed by atoms with Crippen molar-refractivity contribution < 1.29 is 13.2 Å². The number of aromatic nitrogens is 1. The van der Waals surface area contributed by atoms with E-state index in [1.807, 2.05) is 37.3 Å². The molecule has 1 aliphatic heterocycles. The maximum atomic E-state index is 13.4. The predicted octanol–water partition coefficient (Wildman–Crippen LogP) is 3.79. The van der Waals surface area contributed by atoms with E-state index >= 15 is 0 Å². The normalized spacial score (nSPS) is 19.3. The van der Waals surface area contributed by atoms with Gasteiger partial charge in [-0.2, -0.15) is 4.31 Å². The first-order chi connectivity index (χ1) is 12.1. The number of hydrogen-bond donors (Lipinski definition) is 0. The van der Waals surface area contributed by atoms with Crippen molar-refractivity contribution in [2.75, 3.05) is 13.2 Å². The largest absolute Gasteiger partial charge is 0.492 e. The van der Waals surface area contributed by atoms with E-state index < -0.39 is 10.0 Å². The van der Waals surface area contributed by atoms with E-state index in [1.165, 1.54) is 6.20 Å². The van der Waals surface area contributed by atoms with Crippen LogP contribution in [0.5, 0.6) is 5.75 Å². The van der Waals surface area contributed by atoms with E-state index in [2.05, 4.69) is 4.98 Å². The lowest BCUT2D eigenvalue weighted by atomic mass is 10.0. The Morgan fingerprint density at radius 2 is 1.96 bits per heavy atom. The van der Waals surface area contributed by atoms with Gasteiger partial charge in [-0.25, -0.2) is 8.42 Å². The molecule has 0 bridgehead atoms. The first kappa shape index (κ1) is 17.9. The molecular weight excluding hydrogens is 336 g/mol. The summed E-state index contributed by atoms with van der Waals surface area (Å²) in [6.45, 7) is 2.77. The SMILES string of the molecule is CCOc1ccncc1S(=O)(=O)N1CCCCCC1c1ccccc1. The van der Waals surface area contributed by atoms with Crippen LogP contribution in [0.15, 0.2) is 53.7 Å². The van der Waals surface area contributed by atoms with Crippen molar-refractivity contribution in [1.29, 1.82) is 0 Å². The van der Waals surface area contributed by atoms with Gasteiger partial charge in [0, 0.05) is 12.7 Å². The molecule has 0 radical (unpaired) electrons. The Hall–Kier alpha value is -1.92. The Bertz CT molecular complexity index is 793. The van der Waals surface area contributed by atoms with Crippen LogP contribution in [0.4, 0.5) is 0 Å². The zero-order valence-corrected chi connectivity index (χ0v) is 15.3. The molecule has 134 valence electrons. The average Bonchev–Trinajstić information content (AvgIpc) is 2.90. The molecule has 1 saturated heterocycles. The maximum absolute atomic E-state index is 13.4. The molecule has 2 aromatic rings. The summed E-state index contributed by atoms with van der Waals surface area (Å²) < 4.78 is 34.0. The third kappa shape index (κ3) is 3.85. The smallest absolute Gasteiger partial charge is 0.248 e. The van der Waals surface area contributed by atoms with Gasteiger partial charge < -0.3 is 4.74 Å². The van der Waals surface area contributed by atoms with Crippen molar-refractivity contribution in [2.45, 2.75) is 43.5 Å². The Morgan fingerprint density at radius 1 is 1.16 bits per heavy atom. The van der Waals surface area contributed by atoms with Crippen molar-refractivity contribution in [1.82, 2.24) is 9.29 Å². The fourth-order valence-corrected chi connectivity index (χ4v) is 5.10. The average molecular weight is 360 g/mol. The zero-order chi connectivity index (χ0) is 17.7. The van der Waals surface area contributed by atoms with Crippen molar-refractivity contribution in [3.05, 3.63) is 54.4 Å². The fraction of sp³-hybridized carbons (Fsp3) is 0.421. The number of hydrogen-bond acceptors (Lipinski definition) is 4. The summed E-state index contributed by atoms with van der Waals surface area (Å²) in [6, 6.07) is 11.3. The van der Waals surface area contributed by atoms with Crippen LogP contribution in [0.25, 0.3) is 0 Å². The van der Waals surface area contributed by atoms with Gasteiger partial charge in [-0.05, 0) is 31.4 Å². The van der Waals surface area contributed by atoms with Crippen molar-refractivity contribution in [3.63, 3.8) is 0 Å². The molecule has 1 unspecified atom stereocenters. The molecule has 1 aromatic carbocycles. The Morgan fingerprint density at radius 3 is 2.72 bits per heavy atom. The molecule has 0 spiro atoms. The van der Waals surface area contributed by atoms with Crippen LogP contribution in [-0.4, -0.2) is 30.9 Å². The topological polar surface area (TPSA) is 59.5 Å². The van der Waals surface area contributed by atoms with E-state index in [0.29, 0.717) is 18.9 Å². The molecule has 5 nitrogen and oxygen atoms in total. The van der Waals surface area contributed by atoms with Gasteiger partial charge in [-0.15, -0.1) is 0 Å². The molecule has 1 atom stereocenters. The van der Waals surface area contributed by atoms with Gasteiger partial charge in [-0.3, -0.25) is 4.98 Å². The highest BCUT2D eigenvalue weighted by Gasteiger charge is 2.35. The van der Waals surface area contributed by atoms with Crippen molar-refractivity contribution in [2.24, 2.45) is 0 Å². The molecule has 1 aliphatic rings. The summed E-state index contributed by atoms with van der Waals surface area (Å²) in [5.74, 6) is 0.369. The van der Waals surface area contributed by atoms with E-state index in [9.17, 15) is 8.42 Å². The Kier molecular flexibility index (Phi) is 5.71. The van der Waals surface area contributed by atoms with Crippen LogP contribution in [0, 0.1) is 0 Å². The van der Waals surface area contributed by atoms with Gasteiger partial charge in [0.15, 0.2) is 0 Å². The van der Waals surface area contributed by atoms with Gasteiger partial charge in [0.1, 0.15) is 10.6 Å². The van der Waals surface area contributed by atoms with Gasteiger partial charge >= 0.3 is 0 Å². The number of benzene rings is 1. The lowest BCUT2D eigenvalue weighted by Gasteiger charge is -2.30. The maximum Gasteiger partial charge on any atom is 0.248 e. The highest BCUT2D eigenvalue weighted by molar-refractivity contribution is 7.89. The fourth-order valence-electron chi connectivity index (χ4n) is 3.34. The van der Waals surface area contributed by atoms with Crippen LogP contribution in [0.3, 0.4) is 0 Å². The Labute approximate surface area is 149 Å². The van der Waals surface area contributed by atoms with E-state index in [1.54, 1.807) is 16.6 Å². The molecule has 0 saturated carbocycles. The van der Waals surface area contributed by atoms with E-state index in [-0.39, 0.29) is 10.9 Å². The van der Waals surface area contributed by atoms with Crippen LogP contribution in [0.1, 0.15) is 44.2 Å². The number of sulfonamides is 1. The van der Waals surface area contributed by atoms with Gasteiger partial charge in [0.2, 0.25) is 10.0 Å². The number of pyridine rings is 1. The van der Waals surface area contributed by atoms with Crippen molar-refractivity contribution in [3.8, 4) is 5.75 Å². The van der Waals surface area contributed by atoms with E-state index in [4.69, 9.17) is 4.74 Å². The highest BCUT2D eigenvalue weighted by atomic mass is 32.2. The summed E-state index contributed by atoms with van der Waals surface area (Å²) in [4.78, 5) is 4.18. The minimum atomic E-state index is -3.69. The molecule has 1 aromatic heterocycles. The summed E-state index contributed by atoms with van der Waals surface area (Å²) in [6.07, 6.45) is 6.71. The van der Waals surface area contributed by atoms with Crippen LogP contribution in [-0.2, 0) is 10.0 Å². The van der Waals surface area contributed by atoms with Crippen LogP contribution < -0.4 is 4.74 Å². The number of nitrogens with zero attached hydrogens (tertiary/aromatic N) is 2. The summed E-state index contributed by atoms with van der Waals surface area (Å²) in [7, 11) is -3.69. The predicted molar refractivity (Wildman–Crippen MR) is 96.9 cm³/mol. The zero-order valence-electron chi connectivity index (χ0n) is 14.5. The summed E-state index contributed by atoms with van der Waals surface area (Å²) in [5, 5.41) is 0. The highest BCUT2D eigenvalue weighted by Crippen LogP contribution is 2.36. The molecule has 6 heteroatoms. The first-order valence-corrected chi connectivity index (χ1v) is 10.2. The molecule has 25 heavy (non-hydrogen) atoms. The standard InChI is InChI=1S/C19H24N2O3S/c1-2-24-18-12-13-20-15-19(18)25(22,23)21-14-8-4-7-11-17(21)16-9-5-3-6-10-16/h3,5-6,9-10,12-13,15,17H,2,4,7-8,11,14H2,1H3. The van der Waals surface area contributed by atoms with Gasteiger partial charge in [0.25, 0.3) is 0 Å². The second kappa shape index (κ2) is 7.97. The second-order valence-electron chi connectivity index (χ2n) is 6.15. The van der Waals surface area contributed by atoms with Gasteiger partial charge in [-0.1, -0.05) is 43.2 Å². The third-order valence-electron chi connectivity index (χ3n) is 4.52. The number of ether oxygens (including phenoxy) is 1. The van der Waals surface area contributed by atoms with Gasteiger partial charge in [0.05, 0.1) is 18.8 Å². The molecular formula is C19H24N2O3S.